The Morgan fingerprint density at radius 2 is 1.81 bits per heavy atom. The van der Waals surface area contributed by atoms with Crippen LogP contribution >= 0.6 is 11.8 Å². The zero-order valence-corrected chi connectivity index (χ0v) is 21.2. The van der Waals surface area contributed by atoms with Crippen LogP contribution in [0.15, 0.2) is 72.1 Å². The van der Waals surface area contributed by atoms with Crippen LogP contribution in [-0.2, 0) is 6.54 Å². The first-order chi connectivity index (χ1) is 17.5. The van der Waals surface area contributed by atoms with E-state index in [2.05, 4.69) is 10.3 Å². The van der Waals surface area contributed by atoms with Gasteiger partial charge in [-0.3, -0.25) is 14.6 Å². The predicted molar refractivity (Wildman–Crippen MR) is 142 cm³/mol. The number of aromatic nitrogens is 1. The Kier molecular flexibility index (Phi) is 8.22. The summed E-state index contributed by atoms with van der Waals surface area (Å²) in [7, 11) is 1.61. The molecule has 1 aliphatic heterocycles. The highest BCUT2D eigenvalue weighted by atomic mass is 32.2. The van der Waals surface area contributed by atoms with Gasteiger partial charge in [-0.05, 0) is 61.4 Å². The van der Waals surface area contributed by atoms with Crippen molar-refractivity contribution in [2.75, 3.05) is 19.0 Å². The lowest BCUT2D eigenvalue weighted by molar-refractivity contribution is 0.102. The summed E-state index contributed by atoms with van der Waals surface area (Å²) in [6.45, 7) is 4.82. The largest absolute Gasteiger partial charge is 0.493 e. The molecule has 1 unspecified atom stereocenters. The molecular formula is C27H28N4O4S. The van der Waals surface area contributed by atoms with E-state index in [0.29, 0.717) is 35.9 Å². The number of hydrazone groups is 1. The average Bonchev–Trinajstić information content (AvgIpc) is 2.91. The summed E-state index contributed by atoms with van der Waals surface area (Å²) in [5.74, 6) is 1.09. The number of rotatable bonds is 9. The van der Waals surface area contributed by atoms with E-state index in [9.17, 15) is 9.59 Å². The molecule has 1 aliphatic rings. The van der Waals surface area contributed by atoms with Gasteiger partial charge in [0.2, 0.25) is 0 Å². The van der Waals surface area contributed by atoms with E-state index in [0.717, 1.165) is 23.3 Å². The van der Waals surface area contributed by atoms with Crippen molar-refractivity contribution >= 4 is 34.3 Å². The van der Waals surface area contributed by atoms with Crippen LogP contribution in [0, 0.1) is 0 Å². The second kappa shape index (κ2) is 11.7. The number of anilines is 1. The van der Waals surface area contributed by atoms with Crippen molar-refractivity contribution in [2.45, 2.75) is 32.1 Å². The smallest absolute Gasteiger partial charge is 0.302 e. The number of hydrogen-bond donors (Lipinski definition) is 1. The monoisotopic (exact) mass is 504 g/mol. The van der Waals surface area contributed by atoms with E-state index in [4.69, 9.17) is 14.6 Å². The molecule has 0 saturated heterocycles. The highest BCUT2D eigenvalue weighted by molar-refractivity contribution is 8.14. The van der Waals surface area contributed by atoms with Crippen molar-refractivity contribution in [1.82, 2.24) is 9.99 Å². The second-order valence-electron chi connectivity index (χ2n) is 8.01. The molecule has 0 fully saturated rings. The Morgan fingerprint density at radius 3 is 2.47 bits per heavy atom. The molecule has 2 heterocycles. The maximum Gasteiger partial charge on any atom is 0.302 e. The van der Waals surface area contributed by atoms with Crippen LogP contribution in [0.3, 0.4) is 0 Å². The Bertz CT molecular complexity index is 1250. The third-order valence-electron chi connectivity index (χ3n) is 5.60. The van der Waals surface area contributed by atoms with Crippen LogP contribution in [-0.4, -0.2) is 45.8 Å². The number of hydrogen-bond acceptors (Lipinski definition) is 7. The number of pyridine rings is 1. The third-order valence-corrected chi connectivity index (χ3v) is 6.86. The quantitative estimate of drug-likeness (QED) is 0.408. The van der Waals surface area contributed by atoms with Crippen LogP contribution in [0.5, 0.6) is 11.5 Å². The molecule has 9 heteroatoms. The molecule has 0 saturated carbocycles. The molecule has 2 amide bonds. The predicted octanol–water partition coefficient (Wildman–Crippen LogP) is 5.59. The van der Waals surface area contributed by atoms with Crippen molar-refractivity contribution in [3.05, 3.63) is 83.7 Å². The molecule has 0 aliphatic carbocycles. The fourth-order valence-electron chi connectivity index (χ4n) is 3.77. The highest BCUT2D eigenvalue weighted by Crippen LogP contribution is 2.34. The lowest BCUT2D eigenvalue weighted by atomic mass is 10.0. The number of carbonyl (C=O) groups is 2. The molecular weight excluding hydrogens is 476 g/mol. The molecule has 1 atom stereocenters. The number of methoxy groups -OCH3 is 1. The highest BCUT2D eigenvalue weighted by Gasteiger charge is 2.30. The van der Waals surface area contributed by atoms with E-state index < -0.39 is 0 Å². The minimum atomic E-state index is -0.210. The second-order valence-corrected chi connectivity index (χ2v) is 9.16. The first kappa shape index (κ1) is 25.2. The van der Waals surface area contributed by atoms with Crippen LogP contribution in [0.2, 0.25) is 0 Å². The molecule has 1 aromatic heterocycles. The zero-order valence-electron chi connectivity index (χ0n) is 20.4. The van der Waals surface area contributed by atoms with Gasteiger partial charge in [0, 0.05) is 29.2 Å². The Morgan fingerprint density at radius 1 is 1.06 bits per heavy atom. The summed E-state index contributed by atoms with van der Waals surface area (Å²) in [6, 6.07) is 16.4. The van der Waals surface area contributed by atoms with Gasteiger partial charge in [-0.2, -0.15) is 5.10 Å². The van der Waals surface area contributed by atoms with Crippen molar-refractivity contribution in [3.8, 4) is 11.5 Å². The van der Waals surface area contributed by atoms with Gasteiger partial charge in [-0.1, -0.05) is 30.8 Å². The van der Waals surface area contributed by atoms with Gasteiger partial charge in [-0.15, -0.1) is 0 Å². The minimum absolute atomic E-state index is 0.0535. The molecule has 2 aromatic carbocycles. The number of benzene rings is 2. The topological polar surface area (TPSA) is 93.1 Å². The number of thioether (sulfide) groups is 1. The SMILES string of the molecule is CCOc1ccc(C2=NN(Cc3ccc(NC(=O)c4ccncc4)cc3)C(=O)SC2CC)cc1OC. The van der Waals surface area contributed by atoms with Crippen LogP contribution in [0.1, 0.15) is 41.8 Å². The molecule has 1 N–H and O–H groups in total. The Labute approximate surface area is 214 Å². The van der Waals surface area contributed by atoms with Gasteiger partial charge in [0.25, 0.3) is 5.91 Å². The van der Waals surface area contributed by atoms with E-state index in [1.165, 1.54) is 16.8 Å². The van der Waals surface area contributed by atoms with E-state index in [1.807, 2.05) is 56.3 Å². The number of nitrogens with zero attached hydrogens (tertiary/aromatic N) is 3. The first-order valence-corrected chi connectivity index (χ1v) is 12.6. The number of ether oxygens (including phenoxy) is 2. The first-order valence-electron chi connectivity index (χ1n) is 11.7. The molecule has 0 bridgehead atoms. The zero-order chi connectivity index (χ0) is 25.5. The van der Waals surface area contributed by atoms with E-state index >= 15 is 0 Å². The summed E-state index contributed by atoms with van der Waals surface area (Å²) < 4.78 is 11.1. The van der Waals surface area contributed by atoms with Crippen LogP contribution in [0.4, 0.5) is 10.5 Å². The summed E-state index contributed by atoms with van der Waals surface area (Å²) in [4.78, 5) is 29.1. The van der Waals surface area contributed by atoms with Crippen molar-refractivity contribution in [3.63, 3.8) is 0 Å². The number of nitrogens with one attached hydrogen (secondary N) is 1. The summed E-state index contributed by atoms with van der Waals surface area (Å²) in [5, 5.41) is 8.95. The van der Waals surface area contributed by atoms with Gasteiger partial charge >= 0.3 is 5.24 Å². The Hall–Kier alpha value is -3.85. The average molecular weight is 505 g/mol. The van der Waals surface area contributed by atoms with E-state index in [-0.39, 0.29) is 16.4 Å². The lowest BCUT2D eigenvalue weighted by Crippen LogP contribution is -2.34. The summed E-state index contributed by atoms with van der Waals surface area (Å²) >= 11 is 1.28. The molecule has 8 nitrogen and oxygen atoms in total. The maximum atomic E-state index is 12.9. The summed E-state index contributed by atoms with van der Waals surface area (Å²) in [6.07, 6.45) is 3.92. The number of carbonyl (C=O) groups excluding carboxylic acids is 2. The fourth-order valence-corrected chi connectivity index (χ4v) is 4.70. The molecule has 3 aromatic rings. The van der Waals surface area contributed by atoms with Gasteiger partial charge in [0.05, 0.1) is 31.2 Å². The minimum Gasteiger partial charge on any atom is -0.493 e. The third kappa shape index (κ3) is 5.85. The van der Waals surface area contributed by atoms with Gasteiger partial charge in [0.1, 0.15) is 0 Å². The van der Waals surface area contributed by atoms with Crippen molar-refractivity contribution < 1.29 is 19.1 Å². The van der Waals surface area contributed by atoms with Crippen LogP contribution < -0.4 is 14.8 Å². The van der Waals surface area contributed by atoms with Crippen molar-refractivity contribution in [2.24, 2.45) is 5.10 Å². The van der Waals surface area contributed by atoms with Gasteiger partial charge < -0.3 is 14.8 Å². The molecule has 0 radical (unpaired) electrons. The maximum absolute atomic E-state index is 12.9. The molecule has 186 valence electrons. The fraction of sp³-hybridized carbons (Fsp3) is 0.259. The van der Waals surface area contributed by atoms with Crippen molar-refractivity contribution in [1.29, 1.82) is 0 Å². The standard InChI is InChI=1S/C27H28N4O4S/c1-4-24-25(20-8-11-22(35-5-2)23(16-20)34-3)30-31(27(33)36-24)17-18-6-9-21(10-7-18)29-26(32)19-12-14-28-15-13-19/h6-16,24H,4-5,17H2,1-3H3,(H,29,32). The molecule has 4 rings (SSSR count). The van der Waals surface area contributed by atoms with Gasteiger partial charge in [-0.25, -0.2) is 5.01 Å². The molecule has 0 spiro atoms. The van der Waals surface area contributed by atoms with Gasteiger partial charge in [0.15, 0.2) is 11.5 Å². The number of amides is 2. The van der Waals surface area contributed by atoms with Crippen LogP contribution in [0.25, 0.3) is 0 Å². The molecule has 36 heavy (non-hydrogen) atoms. The Balaban J connectivity index is 1.52. The summed E-state index contributed by atoms with van der Waals surface area (Å²) in [5.41, 5.74) is 3.80. The van der Waals surface area contributed by atoms with E-state index in [1.54, 1.807) is 31.6 Å². The normalized spacial score (nSPS) is 15.3. The lowest BCUT2D eigenvalue weighted by Gasteiger charge is -2.28.